The van der Waals surface area contributed by atoms with Crippen LogP contribution in [0.4, 0.5) is 4.39 Å². The normalized spacial score (nSPS) is 10.4. The van der Waals surface area contributed by atoms with Gasteiger partial charge in [-0.05, 0) is 31.0 Å². The molecule has 1 heterocycles. The molecule has 0 aliphatic rings. The second-order valence-corrected chi connectivity index (χ2v) is 6.08. The molecule has 0 saturated heterocycles. The average Bonchev–Trinajstić information content (AvgIpc) is 2.91. The van der Waals surface area contributed by atoms with Crippen LogP contribution in [0.3, 0.4) is 0 Å². The van der Waals surface area contributed by atoms with Crippen molar-refractivity contribution in [1.29, 1.82) is 0 Å². The summed E-state index contributed by atoms with van der Waals surface area (Å²) in [6.07, 6.45) is 0.309. The maximum absolute atomic E-state index is 14.0. The topological polar surface area (TPSA) is 75.6 Å². The SMILES string of the molecule is COc1cccc(CCNC(=O)c2cc(C(=O)O)sc2C)c1F. The molecule has 2 rings (SSSR count). The molecule has 0 radical (unpaired) electrons. The zero-order chi connectivity index (χ0) is 17.0. The van der Waals surface area contributed by atoms with E-state index in [4.69, 9.17) is 9.84 Å². The fraction of sp³-hybridized carbons (Fsp3) is 0.250. The van der Waals surface area contributed by atoms with Crippen LogP contribution in [0.15, 0.2) is 24.3 Å². The minimum absolute atomic E-state index is 0.117. The third-order valence-corrected chi connectivity index (χ3v) is 4.35. The number of benzene rings is 1. The van der Waals surface area contributed by atoms with Crippen molar-refractivity contribution in [3.63, 3.8) is 0 Å². The Kier molecular flexibility index (Phi) is 5.33. The predicted octanol–water partition coefficient (Wildman–Crippen LogP) is 2.87. The summed E-state index contributed by atoms with van der Waals surface area (Å²) >= 11 is 1.05. The van der Waals surface area contributed by atoms with Gasteiger partial charge in [-0.2, -0.15) is 0 Å². The molecule has 2 N–H and O–H groups in total. The van der Waals surface area contributed by atoms with E-state index in [2.05, 4.69) is 5.32 Å². The lowest BCUT2D eigenvalue weighted by molar-refractivity contribution is 0.0702. The quantitative estimate of drug-likeness (QED) is 0.850. The Morgan fingerprint density at radius 2 is 2.13 bits per heavy atom. The zero-order valence-electron chi connectivity index (χ0n) is 12.7. The molecular formula is C16H16FNO4S. The second kappa shape index (κ2) is 7.23. The van der Waals surface area contributed by atoms with Crippen LogP contribution < -0.4 is 10.1 Å². The number of aromatic carboxylic acids is 1. The number of carbonyl (C=O) groups is 2. The number of ether oxygens (including phenoxy) is 1. The Balaban J connectivity index is 1.99. The number of aryl methyl sites for hydroxylation is 1. The fourth-order valence-electron chi connectivity index (χ4n) is 2.13. The molecular weight excluding hydrogens is 321 g/mol. The van der Waals surface area contributed by atoms with Gasteiger partial charge in [0.15, 0.2) is 11.6 Å². The van der Waals surface area contributed by atoms with Crippen LogP contribution in [-0.2, 0) is 6.42 Å². The lowest BCUT2D eigenvalue weighted by Gasteiger charge is -2.08. The highest BCUT2D eigenvalue weighted by molar-refractivity contribution is 7.14. The largest absolute Gasteiger partial charge is 0.494 e. The van der Waals surface area contributed by atoms with Crippen molar-refractivity contribution in [1.82, 2.24) is 5.32 Å². The van der Waals surface area contributed by atoms with E-state index in [1.165, 1.54) is 19.2 Å². The van der Waals surface area contributed by atoms with E-state index in [1.54, 1.807) is 19.1 Å². The fourth-order valence-corrected chi connectivity index (χ4v) is 2.98. The zero-order valence-corrected chi connectivity index (χ0v) is 13.5. The summed E-state index contributed by atoms with van der Waals surface area (Å²) in [6, 6.07) is 6.19. The maximum atomic E-state index is 14.0. The van der Waals surface area contributed by atoms with E-state index in [9.17, 15) is 14.0 Å². The molecule has 0 unspecified atom stereocenters. The molecule has 0 bridgehead atoms. The number of carboxylic acid groups (broad SMARTS) is 1. The van der Waals surface area contributed by atoms with E-state index >= 15 is 0 Å². The number of hydrogen-bond donors (Lipinski definition) is 2. The van der Waals surface area contributed by atoms with Crippen LogP contribution in [-0.4, -0.2) is 30.6 Å². The van der Waals surface area contributed by atoms with Gasteiger partial charge in [0.1, 0.15) is 4.88 Å². The molecule has 2 aromatic rings. The first-order chi connectivity index (χ1) is 10.9. The second-order valence-electron chi connectivity index (χ2n) is 4.82. The number of methoxy groups -OCH3 is 1. The summed E-state index contributed by atoms with van der Waals surface area (Å²) in [4.78, 5) is 23.7. The predicted molar refractivity (Wildman–Crippen MR) is 85.0 cm³/mol. The van der Waals surface area contributed by atoms with Gasteiger partial charge >= 0.3 is 5.97 Å². The lowest BCUT2D eigenvalue weighted by atomic mass is 10.1. The van der Waals surface area contributed by atoms with Gasteiger partial charge in [-0.25, -0.2) is 9.18 Å². The maximum Gasteiger partial charge on any atom is 0.345 e. The Morgan fingerprint density at radius 1 is 1.39 bits per heavy atom. The first kappa shape index (κ1) is 17.0. The smallest absolute Gasteiger partial charge is 0.345 e. The van der Waals surface area contributed by atoms with E-state index in [0.717, 1.165) is 11.3 Å². The number of hydrogen-bond acceptors (Lipinski definition) is 4. The molecule has 0 atom stereocenters. The molecule has 0 aliphatic carbocycles. The summed E-state index contributed by atoms with van der Waals surface area (Å²) < 4.78 is 18.9. The van der Waals surface area contributed by atoms with E-state index in [-0.39, 0.29) is 23.1 Å². The van der Waals surface area contributed by atoms with Crippen molar-refractivity contribution >= 4 is 23.2 Å². The molecule has 0 fully saturated rings. The molecule has 0 saturated carbocycles. The summed E-state index contributed by atoms with van der Waals surface area (Å²) in [5, 5.41) is 11.6. The molecule has 1 aromatic heterocycles. The van der Waals surface area contributed by atoms with Gasteiger partial charge in [0, 0.05) is 11.4 Å². The first-order valence-electron chi connectivity index (χ1n) is 6.87. The number of nitrogens with one attached hydrogen (secondary N) is 1. The molecule has 0 aliphatic heterocycles. The van der Waals surface area contributed by atoms with Gasteiger partial charge in [0.05, 0.1) is 12.7 Å². The molecule has 122 valence electrons. The van der Waals surface area contributed by atoms with Crippen molar-refractivity contribution in [2.24, 2.45) is 0 Å². The van der Waals surface area contributed by atoms with E-state index in [0.29, 0.717) is 22.4 Å². The Morgan fingerprint density at radius 3 is 2.74 bits per heavy atom. The lowest BCUT2D eigenvalue weighted by Crippen LogP contribution is -2.26. The summed E-state index contributed by atoms with van der Waals surface area (Å²) in [5.74, 6) is -1.71. The monoisotopic (exact) mass is 337 g/mol. The number of carbonyl (C=O) groups excluding carboxylic acids is 1. The number of rotatable bonds is 6. The summed E-state index contributed by atoms with van der Waals surface area (Å²) in [7, 11) is 1.39. The number of thiophene rings is 1. The first-order valence-corrected chi connectivity index (χ1v) is 7.69. The van der Waals surface area contributed by atoms with E-state index in [1.807, 2.05) is 0 Å². The highest BCUT2D eigenvalue weighted by atomic mass is 32.1. The third-order valence-electron chi connectivity index (χ3n) is 3.32. The van der Waals surface area contributed by atoms with Crippen molar-refractivity contribution in [2.75, 3.05) is 13.7 Å². The molecule has 1 aromatic carbocycles. The summed E-state index contributed by atoms with van der Waals surface area (Å²) in [5.41, 5.74) is 0.774. The highest BCUT2D eigenvalue weighted by Crippen LogP contribution is 2.22. The Labute approximate surface area is 136 Å². The highest BCUT2D eigenvalue weighted by Gasteiger charge is 2.16. The minimum atomic E-state index is -1.06. The van der Waals surface area contributed by atoms with Gasteiger partial charge in [-0.15, -0.1) is 11.3 Å². The van der Waals surface area contributed by atoms with Crippen molar-refractivity contribution in [3.05, 3.63) is 51.0 Å². The van der Waals surface area contributed by atoms with Crippen molar-refractivity contribution in [3.8, 4) is 5.75 Å². The van der Waals surface area contributed by atoms with Gasteiger partial charge < -0.3 is 15.2 Å². The number of halogens is 1. The van der Waals surface area contributed by atoms with E-state index < -0.39 is 11.8 Å². The van der Waals surface area contributed by atoms with Crippen molar-refractivity contribution < 1.29 is 23.8 Å². The van der Waals surface area contributed by atoms with Crippen LogP contribution in [0.2, 0.25) is 0 Å². The van der Waals surface area contributed by atoms with Crippen LogP contribution in [0.25, 0.3) is 0 Å². The molecule has 23 heavy (non-hydrogen) atoms. The number of amides is 1. The van der Waals surface area contributed by atoms with Crippen LogP contribution in [0.5, 0.6) is 5.75 Å². The van der Waals surface area contributed by atoms with Gasteiger partial charge in [-0.1, -0.05) is 12.1 Å². The number of carboxylic acids is 1. The van der Waals surface area contributed by atoms with Crippen LogP contribution in [0, 0.1) is 12.7 Å². The van der Waals surface area contributed by atoms with Gasteiger partial charge in [-0.3, -0.25) is 4.79 Å². The van der Waals surface area contributed by atoms with Gasteiger partial charge in [0.2, 0.25) is 0 Å². The molecule has 7 heteroatoms. The molecule has 1 amide bonds. The Hall–Kier alpha value is -2.41. The molecule has 0 spiro atoms. The third kappa shape index (κ3) is 3.87. The minimum Gasteiger partial charge on any atom is -0.494 e. The average molecular weight is 337 g/mol. The summed E-state index contributed by atoms with van der Waals surface area (Å²) in [6.45, 7) is 1.92. The molecule has 5 nitrogen and oxygen atoms in total. The standard InChI is InChI=1S/C16H16FNO4S/c1-9-11(8-13(23-9)16(20)21)15(19)18-7-6-10-4-3-5-12(22-2)14(10)17/h3-5,8H,6-7H2,1-2H3,(H,18,19)(H,20,21). The van der Waals surface area contributed by atoms with Crippen LogP contribution in [0.1, 0.15) is 30.5 Å². The van der Waals surface area contributed by atoms with Gasteiger partial charge in [0.25, 0.3) is 5.91 Å². The van der Waals surface area contributed by atoms with Crippen molar-refractivity contribution in [2.45, 2.75) is 13.3 Å². The van der Waals surface area contributed by atoms with Crippen LogP contribution >= 0.6 is 11.3 Å². The Bertz CT molecular complexity index is 742.